The molecule has 1 amide bonds. The van der Waals surface area contributed by atoms with Crippen molar-refractivity contribution in [1.82, 2.24) is 19.9 Å². The summed E-state index contributed by atoms with van der Waals surface area (Å²) < 4.78 is 1.75. The first kappa shape index (κ1) is 17.9. The van der Waals surface area contributed by atoms with Crippen molar-refractivity contribution in [2.24, 2.45) is 5.73 Å². The maximum atomic E-state index is 12.0. The zero-order valence-corrected chi connectivity index (χ0v) is 14.9. The second-order valence-electron chi connectivity index (χ2n) is 6.04. The van der Waals surface area contributed by atoms with Gasteiger partial charge in [-0.3, -0.25) is 4.79 Å². The maximum Gasteiger partial charge on any atom is 0.251 e. The largest absolute Gasteiger partial charge is 0.370 e. The van der Waals surface area contributed by atoms with Crippen molar-refractivity contribution in [3.05, 3.63) is 48.3 Å². The lowest BCUT2D eigenvalue weighted by molar-refractivity contribution is 0.0955. The number of fused-ring (bicyclic) bond motifs is 1. The first-order valence-corrected chi connectivity index (χ1v) is 8.90. The molecule has 0 fully saturated rings. The molecular formula is C19H24N6O. The molecule has 0 unspecified atom stereocenters. The van der Waals surface area contributed by atoms with E-state index in [1.165, 1.54) is 0 Å². The van der Waals surface area contributed by atoms with Gasteiger partial charge in [0.1, 0.15) is 5.82 Å². The fraction of sp³-hybridized carbons (Fsp3) is 0.316. The van der Waals surface area contributed by atoms with Crippen molar-refractivity contribution in [1.29, 1.82) is 0 Å². The normalized spacial score (nSPS) is 10.8. The van der Waals surface area contributed by atoms with Crippen molar-refractivity contribution < 1.29 is 4.79 Å². The Bertz CT molecular complexity index is 871. The molecule has 0 aliphatic carbocycles. The molecule has 2 heterocycles. The first-order chi connectivity index (χ1) is 12.7. The summed E-state index contributed by atoms with van der Waals surface area (Å²) in [5.74, 6) is 0.716. The van der Waals surface area contributed by atoms with Gasteiger partial charge in [-0.1, -0.05) is 25.5 Å². The summed E-state index contributed by atoms with van der Waals surface area (Å²) >= 11 is 0. The van der Waals surface area contributed by atoms with Crippen LogP contribution in [0.3, 0.4) is 0 Å². The molecule has 3 aromatic rings. The molecule has 26 heavy (non-hydrogen) atoms. The summed E-state index contributed by atoms with van der Waals surface area (Å²) in [6.45, 7) is 3.95. The highest BCUT2D eigenvalue weighted by molar-refractivity contribution is 5.95. The third-order valence-corrected chi connectivity index (χ3v) is 4.09. The second-order valence-corrected chi connectivity index (χ2v) is 6.04. The SMILES string of the molecule is CCCCNc1ccn2ncc(-c3ccc(C(=O)NCCN)cc3)c2n1. The standard InChI is InChI=1S/C19H24N6O/c1-2-3-10-21-17-8-12-25-18(24-17)16(13-23-25)14-4-6-15(7-5-14)19(26)22-11-9-20/h4-8,12-13H,2-3,9-11,20H2,1H3,(H,21,24)(H,22,26). The average molecular weight is 352 g/mol. The monoisotopic (exact) mass is 352 g/mol. The predicted molar refractivity (Wildman–Crippen MR) is 103 cm³/mol. The van der Waals surface area contributed by atoms with Crippen LogP contribution in [-0.2, 0) is 0 Å². The molecule has 0 aliphatic heterocycles. The van der Waals surface area contributed by atoms with Crippen LogP contribution < -0.4 is 16.4 Å². The fourth-order valence-electron chi connectivity index (χ4n) is 2.65. The minimum atomic E-state index is -0.123. The van der Waals surface area contributed by atoms with E-state index < -0.39 is 0 Å². The summed E-state index contributed by atoms with van der Waals surface area (Å²) in [5, 5.41) is 10.5. The van der Waals surface area contributed by atoms with Crippen molar-refractivity contribution in [3.8, 4) is 11.1 Å². The van der Waals surface area contributed by atoms with Crippen LogP contribution >= 0.6 is 0 Å². The van der Waals surface area contributed by atoms with Gasteiger partial charge in [0.2, 0.25) is 0 Å². The minimum Gasteiger partial charge on any atom is -0.370 e. The van der Waals surface area contributed by atoms with Gasteiger partial charge in [0.05, 0.1) is 6.20 Å². The lowest BCUT2D eigenvalue weighted by Gasteiger charge is -2.06. The van der Waals surface area contributed by atoms with E-state index in [1.807, 2.05) is 24.4 Å². The van der Waals surface area contributed by atoms with E-state index in [9.17, 15) is 4.79 Å². The summed E-state index contributed by atoms with van der Waals surface area (Å²) in [7, 11) is 0. The molecule has 0 radical (unpaired) electrons. The Morgan fingerprint density at radius 1 is 1.19 bits per heavy atom. The van der Waals surface area contributed by atoms with Crippen LogP contribution in [0.15, 0.2) is 42.7 Å². The van der Waals surface area contributed by atoms with Crippen molar-refractivity contribution in [3.63, 3.8) is 0 Å². The number of nitrogens with one attached hydrogen (secondary N) is 2. The lowest BCUT2D eigenvalue weighted by Crippen LogP contribution is -2.28. The molecule has 2 aromatic heterocycles. The van der Waals surface area contributed by atoms with E-state index in [-0.39, 0.29) is 5.91 Å². The van der Waals surface area contributed by atoms with E-state index in [0.717, 1.165) is 42.0 Å². The molecule has 7 heteroatoms. The molecule has 7 nitrogen and oxygen atoms in total. The van der Waals surface area contributed by atoms with Crippen molar-refractivity contribution in [2.75, 3.05) is 25.0 Å². The van der Waals surface area contributed by atoms with Gasteiger partial charge in [-0.05, 0) is 30.2 Å². The molecule has 0 spiro atoms. The predicted octanol–water partition coefficient (Wildman–Crippen LogP) is 2.30. The number of nitrogens with zero attached hydrogens (tertiary/aromatic N) is 3. The number of carbonyl (C=O) groups excluding carboxylic acids is 1. The van der Waals surface area contributed by atoms with E-state index in [1.54, 1.807) is 22.8 Å². The molecule has 1 aromatic carbocycles. The van der Waals surface area contributed by atoms with Crippen LogP contribution in [0.2, 0.25) is 0 Å². The summed E-state index contributed by atoms with van der Waals surface area (Å²) in [6.07, 6.45) is 5.93. The van der Waals surface area contributed by atoms with E-state index in [0.29, 0.717) is 18.7 Å². The lowest BCUT2D eigenvalue weighted by atomic mass is 10.1. The van der Waals surface area contributed by atoms with E-state index in [2.05, 4.69) is 27.6 Å². The van der Waals surface area contributed by atoms with Gasteiger partial charge in [-0.15, -0.1) is 0 Å². The molecule has 0 saturated carbocycles. The highest BCUT2D eigenvalue weighted by Gasteiger charge is 2.10. The Morgan fingerprint density at radius 2 is 2.00 bits per heavy atom. The van der Waals surface area contributed by atoms with Crippen LogP contribution in [0.25, 0.3) is 16.8 Å². The number of hydrogen-bond acceptors (Lipinski definition) is 5. The van der Waals surface area contributed by atoms with Crippen molar-refractivity contribution >= 4 is 17.4 Å². The topological polar surface area (TPSA) is 97.3 Å². The van der Waals surface area contributed by atoms with E-state index in [4.69, 9.17) is 5.73 Å². The summed E-state index contributed by atoms with van der Waals surface area (Å²) in [6, 6.07) is 9.34. The van der Waals surface area contributed by atoms with Gasteiger partial charge < -0.3 is 16.4 Å². The Hall–Kier alpha value is -2.93. The average Bonchev–Trinajstić information content (AvgIpc) is 3.09. The van der Waals surface area contributed by atoms with Crippen LogP contribution in [0.5, 0.6) is 0 Å². The van der Waals surface area contributed by atoms with Gasteiger partial charge >= 0.3 is 0 Å². The quantitative estimate of drug-likeness (QED) is 0.541. The molecule has 4 N–H and O–H groups in total. The number of benzene rings is 1. The van der Waals surface area contributed by atoms with Crippen LogP contribution in [0.1, 0.15) is 30.1 Å². The third-order valence-electron chi connectivity index (χ3n) is 4.09. The van der Waals surface area contributed by atoms with Gasteiger partial charge in [0.25, 0.3) is 5.91 Å². The Balaban J connectivity index is 1.83. The smallest absolute Gasteiger partial charge is 0.251 e. The van der Waals surface area contributed by atoms with Crippen LogP contribution in [0, 0.1) is 0 Å². The third kappa shape index (κ3) is 4.00. The molecule has 0 bridgehead atoms. The number of amides is 1. The van der Waals surface area contributed by atoms with Gasteiger partial charge in [-0.2, -0.15) is 5.10 Å². The zero-order chi connectivity index (χ0) is 18.4. The maximum absolute atomic E-state index is 12.0. The van der Waals surface area contributed by atoms with Gasteiger partial charge in [0.15, 0.2) is 5.65 Å². The highest BCUT2D eigenvalue weighted by atomic mass is 16.1. The molecule has 3 rings (SSSR count). The number of rotatable bonds is 8. The molecule has 0 aliphatic rings. The number of aromatic nitrogens is 3. The van der Waals surface area contributed by atoms with Gasteiger partial charge in [-0.25, -0.2) is 9.50 Å². The molecule has 0 atom stereocenters. The summed E-state index contributed by atoms with van der Waals surface area (Å²) in [4.78, 5) is 16.7. The first-order valence-electron chi connectivity index (χ1n) is 8.90. The molecule has 0 saturated heterocycles. The van der Waals surface area contributed by atoms with Gasteiger partial charge in [0, 0.05) is 37.0 Å². The highest BCUT2D eigenvalue weighted by Crippen LogP contribution is 2.24. The number of hydrogen-bond donors (Lipinski definition) is 3. The summed E-state index contributed by atoms with van der Waals surface area (Å²) in [5.41, 5.74) is 8.69. The Morgan fingerprint density at radius 3 is 2.73 bits per heavy atom. The van der Waals surface area contributed by atoms with Crippen LogP contribution in [0.4, 0.5) is 5.82 Å². The Labute approximate surface area is 152 Å². The van der Waals surface area contributed by atoms with Crippen LogP contribution in [-0.4, -0.2) is 40.1 Å². The number of nitrogens with two attached hydrogens (primary N) is 1. The van der Waals surface area contributed by atoms with Crippen molar-refractivity contribution in [2.45, 2.75) is 19.8 Å². The Kier molecular flexibility index (Phi) is 5.80. The number of carbonyl (C=O) groups is 1. The molecular weight excluding hydrogens is 328 g/mol. The minimum absolute atomic E-state index is 0.123. The van der Waals surface area contributed by atoms with E-state index >= 15 is 0 Å². The fourth-order valence-corrected chi connectivity index (χ4v) is 2.65. The second kappa shape index (κ2) is 8.44. The zero-order valence-electron chi connectivity index (χ0n) is 14.9. The number of anilines is 1. The molecule has 136 valence electrons. The number of unbranched alkanes of at least 4 members (excludes halogenated alkanes) is 1.